The van der Waals surface area contributed by atoms with E-state index in [1.807, 2.05) is 23.6 Å². The Balaban J connectivity index is 2.91. The summed E-state index contributed by atoms with van der Waals surface area (Å²) < 4.78 is 0. The maximum absolute atomic E-state index is 13.2. The van der Waals surface area contributed by atoms with E-state index in [2.05, 4.69) is 33.0 Å². The van der Waals surface area contributed by atoms with E-state index < -0.39 is 5.41 Å². The number of nitrogens with zero attached hydrogens (tertiary/aromatic N) is 2. The molecule has 0 aromatic rings. The Bertz CT molecular complexity index is 415. The van der Waals surface area contributed by atoms with Crippen LogP contribution in [0.15, 0.2) is 0 Å². The van der Waals surface area contributed by atoms with Crippen molar-refractivity contribution < 1.29 is 9.59 Å². The van der Waals surface area contributed by atoms with Crippen molar-refractivity contribution in [1.29, 1.82) is 0 Å². The monoisotopic (exact) mass is 339 g/mol. The molecule has 0 aliphatic carbocycles. The number of hydrogen-bond donors (Lipinski definition) is 1. The summed E-state index contributed by atoms with van der Waals surface area (Å²) in [5, 5.41) is 3.31. The van der Waals surface area contributed by atoms with Gasteiger partial charge < -0.3 is 15.1 Å². The first-order valence-corrected chi connectivity index (χ1v) is 9.53. The molecule has 1 N–H and O–H groups in total. The normalized spacial score (nSPS) is 20.7. The highest BCUT2D eigenvalue weighted by Gasteiger charge is 2.45. The van der Waals surface area contributed by atoms with Gasteiger partial charge >= 0.3 is 0 Å². The van der Waals surface area contributed by atoms with Crippen LogP contribution in [0.1, 0.15) is 54.4 Å². The Morgan fingerprint density at radius 2 is 1.54 bits per heavy atom. The van der Waals surface area contributed by atoms with Gasteiger partial charge in [-0.25, -0.2) is 0 Å². The Morgan fingerprint density at radius 1 is 1.00 bits per heavy atom. The number of carbonyl (C=O) groups excluding carboxylic acids is 2. The van der Waals surface area contributed by atoms with Crippen molar-refractivity contribution in [3.8, 4) is 0 Å². The van der Waals surface area contributed by atoms with Crippen LogP contribution in [0.3, 0.4) is 0 Å². The van der Waals surface area contributed by atoms with Crippen molar-refractivity contribution in [3.05, 3.63) is 0 Å². The average Bonchev–Trinajstić information content (AvgIpc) is 2.98. The van der Waals surface area contributed by atoms with Gasteiger partial charge in [-0.05, 0) is 38.6 Å². The lowest BCUT2D eigenvalue weighted by Gasteiger charge is -2.35. The van der Waals surface area contributed by atoms with E-state index in [9.17, 15) is 9.59 Å². The van der Waals surface area contributed by atoms with Crippen molar-refractivity contribution in [1.82, 2.24) is 15.1 Å². The molecule has 1 heterocycles. The molecule has 1 unspecified atom stereocenters. The van der Waals surface area contributed by atoms with Crippen LogP contribution in [-0.2, 0) is 9.59 Å². The summed E-state index contributed by atoms with van der Waals surface area (Å²) in [4.78, 5) is 29.9. The summed E-state index contributed by atoms with van der Waals surface area (Å²) in [6.45, 7) is 16.9. The lowest BCUT2D eigenvalue weighted by Crippen LogP contribution is -2.49. The second-order valence-electron chi connectivity index (χ2n) is 7.95. The zero-order chi connectivity index (χ0) is 18.3. The molecule has 0 bridgehead atoms. The molecule has 5 heteroatoms. The zero-order valence-electron chi connectivity index (χ0n) is 16.5. The van der Waals surface area contributed by atoms with E-state index in [-0.39, 0.29) is 11.8 Å². The van der Waals surface area contributed by atoms with E-state index in [0.717, 1.165) is 26.1 Å². The average molecular weight is 340 g/mol. The van der Waals surface area contributed by atoms with Gasteiger partial charge in [-0.15, -0.1) is 0 Å². The molecule has 1 rings (SSSR count). The maximum Gasteiger partial charge on any atom is 0.230 e. The van der Waals surface area contributed by atoms with Crippen LogP contribution in [0, 0.1) is 17.3 Å². The van der Waals surface area contributed by atoms with Crippen LogP contribution in [-0.4, -0.2) is 60.9 Å². The second-order valence-corrected chi connectivity index (χ2v) is 7.95. The first-order chi connectivity index (χ1) is 11.3. The standard InChI is InChI=1S/C19H37N3O2/c1-7-21(12-15(3)4)17(23)11-19(9-10-20-14-19)18(24)22(8-2)13-16(5)6/h15-16,20H,7-14H2,1-6H3. The number of hydrogen-bond acceptors (Lipinski definition) is 3. The number of rotatable bonds is 9. The predicted molar refractivity (Wildman–Crippen MR) is 98.7 cm³/mol. The summed E-state index contributed by atoms with van der Waals surface area (Å²) in [5.41, 5.74) is -0.563. The van der Waals surface area contributed by atoms with E-state index in [4.69, 9.17) is 0 Å². The van der Waals surface area contributed by atoms with Gasteiger partial charge in [0.2, 0.25) is 11.8 Å². The molecule has 24 heavy (non-hydrogen) atoms. The van der Waals surface area contributed by atoms with Gasteiger partial charge in [-0.1, -0.05) is 27.7 Å². The third-order valence-electron chi connectivity index (χ3n) is 4.76. The van der Waals surface area contributed by atoms with Gasteiger partial charge in [0.1, 0.15) is 0 Å². The van der Waals surface area contributed by atoms with Crippen molar-refractivity contribution in [2.75, 3.05) is 39.3 Å². The van der Waals surface area contributed by atoms with Crippen LogP contribution in [0.4, 0.5) is 0 Å². The van der Waals surface area contributed by atoms with Gasteiger partial charge in [0.15, 0.2) is 0 Å². The minimum atomic E-state index is -0.563. The zero-order valence-corrected chi connectivity index (χ0v) is 16.5. The fourth-order valence-corrected chi connectivity index (χ4v) is 3.53. The molecule has 0 saturated carbocycles. The molecule has 0 aromatic carbocycles. The van der Waals surface area contributed by atoms with Gasteiger partial charge in [-0.3, -0.25) is 9.59 Å². The minimum absolute atomic E-state index is 0.115. The van der Waals surface area contributed by atoms with Crippen LogP contribution < -0.4 is 5.32 Å². The van der Waals surface area contributed by atoms with Gasteiger partial charge in [0.25, 0.3) is 0 Å². The van der Waals surface area contributed by atoms with Gasteiger partial charge in [-0.2, -0.15) is 0 Å². The summed E-state index contributed by atoms with van der Waals surface area (Å²) in [6.07, 6.45) is 1.08. The molecule has 1 fully saturated rings. The Hall–Kier alpha value is -1.10. The van der Waals surface area contributed by atoms with Gasteiger partial charge in [0, 0.05) is 39.1 Å². The SMILES string of the molecule is CCN(CC(C)C)C(=O)CC1(C(=O)N(CC)CC(C)C)CCNC1. The molecule has 5 nitrogen and oxygen atoms in total. The van der Waals surface area contributed by atoms with E-state index in [0.29, 0.717) is 37.9 Å². The Morgan fingerprint density at radius 3 is 1.96 bits per heavy atom. The molecule has 140 valence electrons. The first-order valence-electron chi connectivity index (χ1n) is 9.53. The molecule has 1 saturated heterocycles. The lowest BCUT2D eigenvalue weighted by molar-refractivity contribution is -0.147. The summed E-state index contributed by atoms with van der Waals surface area (Å²) >= 11 is 0. The highest BCUT2D eigenvalue weighted by molar-refractivity contribution is 5.89. The molecular weight excluding hydrogens is 302 g/mol. The third kappa shape index (κ3) is 5.47. The smallest absolute Gasteiger partial charge is 0.230 e. The van der Waals surface area contributed by atoms with Crippen molar-refractivity contribution in [2.24, 2.45) is 17.3 Å². The molecule has 0 radical (unpaired) electrons. The number of carbonyl (C=O) groups is 2. The Labute approximate surface area is 148 Å². The highest BCUT2D eigenvalue weighted by Crippen LogP contribution is 2.33. The largest absolute Gasteiger partial charge is 0.343 e. The molecule has 0 spiro atoms. The third-order valence-corrected chi connectivity index (χ3v) is 4.76. The van der Waals surface area contributed by atoms with Crippen molar-refractivity contribution in [3.63, 3.8) is 0 Å². The Kier molecular flexibility index (Phi) is 8.20. The maximum atomic E-state index is 13.2. The topological polar surface area (TPSA) is 52.7 Å². The quantitative estimate of drug-likeness (QED) is 0.702. The minimum Gasteiger partial charge on any atom is -0.343 e. The van der Waals surface area contributed by atoms with E-state index in [1.165, 1.54) is 0 Å². The van der Waals surface area contributed by atoms with Crippen LogP contribution in [0.5, 0.6) is 0 Å². The van der Waals surface area contributed by atoms with E-state index >= 15 is 0 Å². The first kappa shape index (κ1) is 20.9. The van der Waals surface area contributed by atoms with E-state index in [1.54, 1.807) is 0 Å². The predicted octanol–water partition coefficient (Wildman–Crippen LogP) is 2.37. The fraction of sp³-hybridized carbons (Fsp3) is 0.895. The fourth-order valence-electron chi connectivity index (χ4n) is 3.53. The molecular formula is C19H37N3O2. The highest BCUT2D eigenvalue weighted by atomic mass is 16.2. The van der Waals surface area contributed by atoms with Crippen LogP contribution >= 0.6 is 0 Å². The molecule has 1 atom stereocenters. The number of nitrogens with one attached hydrogen (secondary N) is 1. The molecule has 1 aliphatic rings. The summed E-state index contributed by atoms with van der Waals surface area (Å²) in [5.74, 6) is 1.14. The molecule has 2 amide bonds. The summed E-state index contributed by atoms with van der Waals surface area (Å²) in [7, 11) is 0. The molecule has 1 aliphatic heterocycles. The van der Waals surface area contributed by atoms with Crippen molar-refractivity contribution >= 4 is 11.8 Å². The number of amides is 2. The van der Waals surface area contributed by atoms with Gasteiger partial charge in [0.05, 0.1) is 5.41 Å². The van der Waals surface area contributed by atoms with Crippen molar-refractivity contribution in [2.45, 2.75) is 54.4 Å². The van der Waals surface area contributed by atoms with Crippen LogP contribution in [0.2, 0.25) is 0 Å². The lowest BCUT2D eigenvalue weighted by atomic mass is 9.81. The molecule has 0 aromatic heterocycles. The second kappa shape index (κ2) is 9.40. The van der Waals surface area contributed by atoms with Crippen LogP contribution in [0.25, 0.3) is 0 Å². The summed E-state index contributed by atoms with van der Waals surface area (Å²) in [6, 6.07) is 0.